The number of nitrogens with zero attached hydrogens (tertiary/aromatic N) is 2. The summed E-state index contributed by atoms with van der Waals surface area (Å²) in [6, 6.07) is 0. The van der Waals surface area contributed by atoms with Gasteiger partial charge in [-0.05, 0) is 6.42 Å². The molecule has 1 atom stereocenters. The second kappa shape index (κ2) is 4.92. The van der Waals surface area contributed by atoms with Crippen molar-refractivity contribution in [3.8, 4) is 0 Å². The van der Waals surface area contributed by atoms with Crippen LogP contribution in [-0.4, -0.2) is 35.7 Å². The summed E-state index contributed by atoms with van der Waals surface area (Å²) in [5.74, 6) is 0. The highest BCUT2D eigenvalue weighted by Crippen LogP contribution is 2.18. The highest BCUT2D eigenvalue weighted by Gasteiger charge is 2.19. The molecule has 1 fully saturated rings. The van der Waals surface area contributed by atoms with E-state index >= 15 is 0 Å². The molecule has 1 aliphatic rings. The fraction of sp³-hybridized carbons (Fsp3) is 0.700. The number of hydrogen-bond acceptors (Lipinski definition) is 5. The van der Waals surface area contributed by atoms with E-state index in [1.165, 1.54) is 4.88 Å². The van der Waals surface area contributed by atoms with Crippen molar-refractivity contribution in [3.63, 3.8) is 0 Å². The number of nitrogens with two attached hydrogens (primary N) is 1. The van der Waals surface area contributed by atoms with Crippen LogP contribution in [-0.2, 0) is 11.3 Å². The van der Waals surface area contributed by atoms with Gasteiger partial charge in [0.05, 0.1) is 12.7 Å². The first-order chi connectivity index (χ1) is 7.28. The van der Waals surface area contributed by atoms with Gasteiger partial charge < -0.3 is 10.5 Å². The van der Waals surface area contributed by atoms with E-state index in [4.69, 9.17) is 10.5 Å². The lowest BCUT2D eigenvalue weighted by Gasteiger charge is -2.31. The molecule has 0 saturated carbocycles. The molecule has 1 aliphatic heterocycles. The fourth-order valence-electron chi connectivity index (χ4n) is 1.79. The molecule has 0 radical (unpaired) electrons. The molecule has 5 heteroatoms. The Balaban J connectivity index is 1.88. The number of nitrogen functional groups attached to an aromatic ring is 1. The lowest BCUT2D eigenvalue weighted by molar-refractivity contribution is -0.0321. The molecule has 1 aromatic heterocycles. The summed E-state index contributed by atoms with van der Waals surface area (Å²) in [5, 5.41) is 0.658. The molecule has 1 saturated heterocycles. The lowest BCUT2D eigenvalue weighted by Crippen LogP contribution is -2.41. The van der Waals surface area contributed by atoms with Crippen LogP contribution in [0, 0.1) is 0 Å². The molecule has 0 aromatic carbocycles. The molecular weight excluding hydrogens is 210 g/mol. The van der Waals surface area contributed by atoms with Gasteiger partial charge in [-0.1, -0.05) is 6.92 Å². The predicted molar refractivity (Wildman–Crippen MR) is 61.8 cm³/mol. The van der Waals surface area contributed by atoms with Crippen LogP contribution in [0.1, 0.15) is 18.2 Å². The molecule has 0 spiro atoms. The van der Waals surface area contributed by atoms with Crippen LogP contribution in [0.3, 0.4) is 0 Å². The molecule has 1 unspecified atom stereocenters. The number of anilines is 1. The van der Waals surface area contributed by atoms with Crippen molar-refractivity contribution in [2.45, 2.75) is 26.0 Å². The normalized spacial score (nSPS) is 23.1. The number of rotatable bonds is 3. The number of morpholine rings is 1. The van der Waals surface area contributed by atoms with Gasteiger partial charge in [-0.25, -0.2) is 4.98 Å². The Morgan fingerprint density at radius 3 is 3.27 bits per heavy atom. The Morgan fingerprint density at radius 2 is 2.60 bits per heavy atom. The van der Waals surface area contributed by atoms with Crippen LogP contribution in [0.4, 0.5) is 5.13 Å². The summed E-state index contributed by atoms with van der Waals surface area (Å²) in [7, 11) is 0. The minimum absolute atomic E-state index is 0.393. The van der Waals surface area contributed by atoms with Crippen LogP contribution in [0.15, 0.2) is 6.20 Å². The minimum Gasteiger partial charge on any atom is -0.376 e. The molecule has 2 N–H and O–H groups in total. The van der Waals surface area contributed by atoms with E-state index in [0.29, 0.717) is 11.2 Å². The maximum absolute atomic E-state index is 5.62. The number of thiazole rings is 1. The fourth-order valence-corrected chi connectivity index (χ4v) is 2.51. The summed E-state index contributed by atoms with van der Waals surface area (Å²) in [4.78, 5) is 7.71. The van der Waals surface area contributed by atoms with E-state index < -0.39 is 0 Å². The molecule has 2 rings (SSSR count). The Bertz CT molecular complexity index is 315. The lowest BCUT2D eigenvalue weighted by atomic mass is 10.2. The van der Waals surface area contributed by atoms with Crippen molar-refractivity contribution in [3.05, 3.63) is 11.1 Å². The van der Waals surface area contributed by atoms with Gasteiger partial charge in [0.25, 0.3) is 0 Å². The molecular formula is C10H17N3OS. The Morgan fingerprint density at radius 1 is 1.73 bits per heavy atom. The van der Waals surface area contributed by atoms with E-state index in [0.717, 1.165) is 32.7 Å². The SMILES string of the molecule is CCC1CN(Cc2cnc(N)s2)CCO1. The molecule has 0 amide bonds. The van der Waals surface area contributed by atoms with Gasteiger partial charge in [-0.15, -0.1) is 11.3 Å². The molecule has 0 aliphatic carbocycles. The summed E-state index contributed by atoms with van der Waals surface area (Å²) in [6.07, 6.45) is 3.35. The second-order valence-electron chi connectivity index (χ2n) is 3.80. The molecule has 15 heavy (non-hydrogen) atoms. The third kappa shape index (κ3) is 2.90. The second-order valence-corrected chi connectivity index (χ2v) is 4.95. The van der Waals surface area contributed by atoms with E-state index in [9.17, 15) is 0 Å². The van der Waals surface area contributed by atoms with Crippen molar-refractivity contribution in [2.75, 3.05) is 25.4 Å². The molecule has 2 heterocycles. The monoisotopic (exact) mass is 227 g/mol. The molecule has 1 aromatic rings. The number of aromatic nitrogens is 1. The van der Waals surface area contributed by atoms with Gasteiger partial charge in [0.1, 0.15) is 0 Å². The maximum Gasteiger partial charge on any atom is 0.180 e. The summed E-state index contributed by atoms with van der Waals surface area (Å²) >= 11 is 1.57. The van der Waals surface area contributed by atoms with E-state index in [1.54, 1.807) is 11.3 Å². The molecule has 4 nitrogen and oxygen atoms in total. The van der Waals surface area contributed by atoms with Crippen LogP contribution >= 0.6 is 11.3 Å². The van der Waals surface area contributed by atoms with E-state index in [2.05, 4.69) is 16.8 Å². The van der Waals surface area contributed by atoms with Crippen molar-refractivity contribution in [1.82, 2.24) is 9.88 Å². The third-order valence-corrected chi connectivity index (χ3v) is 3.44. The summed E-state index contributed by atoms with van der Waals surface area (Å²) in [5.41, 5.74) is 5.60. The zero-order valence-corrected chi connectivity index (χ0v) is 9.80. The van der Waals surface area contributed by atoms with E-state index in [1.807, 2.05) is 6.20 Å². The van der Waals surface area contributed by atoms with E-state index in [-0.39, 0.29) is 0 Å². The quantitative estimate of drug-likeness (QED) is 0.846. The van der Waals surface area contributed by atoms with Gasteiger partial charge in [0.2, 0.25) is 0 Å². The minimum atomic E-state index is 0.393. The zero-order chi connectivity index (χ0) is 10.7. The van der Waals surface area contributed by atoms with Crippen molar-refractivity contribution in [1.29, 1.82) is 0 Å². The summed E-state index contributed by atoms with van der Waals surface area (Å²) < 4.78 is 5.62. The molecule has 84 valence electrons. The Hall–Kier alpha value is -0.650. The highest BCUT2D eigenvalue weighted by atomic mass is 32.1. The highest BCUT2D eigenvalue weighted by molar-refractivity contribution is 7.15. The van der Waals surface area contributed by atoms with Gasteiger partial charge in [0.15, 0.2) is 5.13 Å². The van der Waals surface area contributed by atoms with Gasteiger partial charge >= 0.3 is 0 Å². The van der Waals surface area contributed by atoms with Crippen molar-refractivity contribution >= 4 is 16.5 Å². The van der Waals surface area contributed by atoms with Crippen LogP contribution in [0.25, 0.3) is 0 Å². The summed E-state index contributed by atoms with van der Waals surface area (Å²) in [6.45, 7) is 5.99. The first kappa shape index (κ1) is 10.9. The average Bonchev–Trinajstić information content (AvgIpc) is 2.64. The first-order valence-electron chi connectivity index (χ1n) is 5.32. The van der Waals surface area contributed by atoms with Gasteiger partial charge in [-0.2, -0.15) is 0 Å². The smallest absolute Gasteiger partial charge is 0.180 e. The third-order valence-electron chi connectivity index (χ3n) is 2.63. The van der Waals surface area contributed by atoms with Crippen LogP contribution in [0.2, 0.25) is 0 Å². The van der Waals surface area contributed by atoms with Crippen LogP contribution in [0.5, 0.6) is 0 Å². The average molecular weight is 227 g/mol. The Labute approximate surface area is 94.1 Å². The van der Waals surface area contributed by atoms with Crippen LogP contribution < -0.4 is 5.73 Å². The topological polar surface area (TPSA) is 51.4 Å². The maximum atomic E-state index is 5.62. The van der Waals surface area contributed by atoms with Gasteiger partial charge in [-0.3, -0.25) is 4.90 Å². The predicted octanol–water partition coefficient (Wildman–Crippen LogP) is 1.34. The molecule has 0 bridgehead atoms. The van der Waals surface area contributed by atoms with Crippen molar-refractivity contribution < 1.29 is 4.74 Å². The van der Waals surface area contributed by atoms with Crippen molar-refractivity contribution in [2.24, 2.45) is 0 Å². The largest absolute Gasteiger partial charge is 0.376 e. The Kier molecular flexibility index (Phi) is 3.56. The zero-order valence-electron chi connectivity index (χ0n) is 8.98. The number of ether oxygens (including phenoxy) is 1. The van der Waals surface area contributed by atoms with Gasteiger partial charge in [0, 0.05) is 30.7 Å². The number of hydrogen-bond donors (Lipinski definition) is 1. The first-order valence-corrected chi connectivity index (χ1v) is 6.13. The standard InChI is InChI=1S/C10H17N3OS/c1-2-8-6-13(3-4-14-8)7-9-5-12-10(11)15-9/h5,8H,2-4,6-7H2,1H3,(H2,11,12).